The third-order valence-corrected chi connectivity index (χ3v) is 2.20. The molecule has 2 rings (SSSR count). The van der Waals surface area contributed by atoms with Gasteiger partial charge in [0, 0.05) is 18.3 Å². The molecule has 0 unspecified atom stereocenters. The van der Waals surface area contributed by atoms with Crippen LogP contribution in [0.25, 0.3) is 0 Å². The number of hydrogen-bond donors (Lipinski definition) is 2. The van der Waals surface area contributed by atoms with Crippen molar-refractivity contribution in [2.45, 2.75) is 0 Å². The van der Waals surface area contributed by atoms with Crippen LogP contribution in [-0.2, 0) is 0 Å². The van der Waals surface area contributed by atoms with Crippen LogP contribution in [-0.4, -0.2) is 26.0 Å². The maximum Gasteiger partial charge on any atom is 0.270 e. The molecule has 86 valence electrons. The zero-order valence-corrected chi connectivity index (χ0v) is 8.45. The summed E-state index contributed by atoms with van der Waals surface area (Å²) in [4.78, 5) is 21.8. The van der Waals surface area contributed by atoms with E-state index in [2.05, 4.69) is 10.2 Å². The van der Waals surface area contributed by atoms with Crippen LogP contribution in [0.1, 0.15) is 15.9 Å². The highest BCUT2D eigenvalue weighted by Gasteiger charge is 2.18. The highest BCUT2D eigenvalue weighted by molar-refractivity contribution is 6.10. The Kier molecular flexibility index (Phi) is 2.57. The van der Waals surface area contributed by atoms with Gasteiger partial charge in [-0.15, -0.1) is 0 Å². The molecule has 0 bridgehead atoms. The van der Waals surface area contributed by atoms with Crippen molar-refractivity contribution >= 4 is 11.5 Å². The van der Waals surface area contributed by atoms with Crippen LogP contribution >= 0.6 is 0 Å². The van der Waals surface area contributed by atoms with Crippen LogP contribution in [0.3, 0.4) is 0 Å². The first kappa shape index (κ1) is 10.8. The lowest BCUT2D eigenvalue weighted by atomic mass is 10.0. The molecule has 7 heteroatoms. The number of ketones is 1. The van der Waals surface area contributed by atoms with Gasteiger partial charge in [-0.3, -0.25) is 20.0 Å². The molecular weight excluding hydrogens is 226 g/mol. The largest absolute Gasteiger partial charge is 0.507 e. The molecule has 7 nitrogen and oxygen atoms in total. The fourth-order valence-electron chi connectivity index (χ4n) is 1.35. The Labute approximate surface area is 94.9 Å². The SMILES string of the molecule is O=C(c1cn[nH]c1)c1cc([N+](=O)[O-])ccc1O. The summed E-state index contributed by atoms with van der Waals surface area (Å²) in [5.41, 5.74) is -0.156. The molecule has 0 radical (unpaired) electrons. The monoisotopic (exact) mass is 233 g/mol. The van der Waals surface area contributed by atoms with Gasteiger partial charge < -0.3 is 5.11 Å². The lowest BCUT2D eigenvalue weighted by Crippen LogP contribution is -2.01. The topological polar surface area (TPSA) is 109 Å². The molecule has 0 aliphatic carbocycles. The molecule has 1 aromatic carbocycles. The number of aromatic nitrogens is 2. The van der Waals surface area contributed by atoms with Gasteiger partial charge >= 0.3 is 0 Å². The number of nitrogens with zero attached hydrogens (tertiary/aromatic N) is 2. The Morgan fingerprint density at radius 3 is 2.82 bits per heavy atom. The van der Waals surface area contributed by atoms with E-state index in [0.717, 1.165) is 18.2 Å². The van der Waals surface area contributed by atoms with Crippen LogP contribution in [0.5, 0.6) is 5.75 Å². The summed E-state index contributed by atoms with van der Waals surface area (Å²) in [5, 5.41) is 26.1. The summed E-state index contributed by atoms with van der Waals surface area (Å²) in [7, 11) is 0. The zero-order chi connectivity index (χ0) is 12.4. The third kappa shape index (κ3) is 1.98. The van der Waals surface area contributed by atoms with Gasteiger partial charge in [-0.2, -0.15) is 5.10 Å². The normalized spacial score (nSPS) is 10.1. The number of H-pyrrole nitrogens is 1. The highest BCUT2D eigenvalue weighted by Crippen LogP contribution is 2.25. The number of carbonyl (C=O) groups excluding carboxylic acids is 1. The Bertz CT molecular complexity index is 577. The summed E-state index contributed by atoms with van der Waals surface area (Å²) < 4.78 is 0. The van der Waals surface area contributed by atoms with Gasteiger partial charge in [0.1, 0.15) is 5.75 Å². The van der Waals surface area contributed by atoms with Crippen molar-refractivity contribution < 1.29 is 14.8 Å². The lowest BCUT2D eigenvalue weighted by Gasteiger charge is -2.01. The number of non-ortho nitro benzene ring substituents is 1. The van der Waals surface area contributed by atoms with E-state index in [-0.39, 0.29) is 22.6 Å². The Balaban J connectivity index is 2.48. The summed E-state index contributed by atoms with van der Waals surface area (Å²) in [5.74, 6) is -0.832. The molecule has 1 heterocycles. The van der Waals surface area contributed by atoms with Gasteiger partial charge in [0.05, 0.1) is 22.2 Å². The minimum Gasteiger partial charge on any atom is -0.507 e. The molecule has 0 aliphatic heterocycles. The molecule has 1 aromatic heterocycles. The van der Waals surface area contributed by atoms with Crippen molar-refractivity contribution in [3.05, 3.63) is 51.8 Å². The smallest absolute Gasteiger partial charge is 0.270 e. The molecule has 0 spiro atoms. The number of benzene rings is 1. The number of nitro benzene ring substituents is 1. The standard InChI is InChI=1S/C10H7N3O4/c14-9-2-1-7(13(16)17)3-8(9)10(15)6-4-11-12-5-6/h1-5,14H,(H,11,12). The number of nitro groups is 1. The predicted molar refractivity (Wildman–Crippen MR) is 56.8 cm³/mol. The molecule has 0 atom stereocenters. The van der Waals surface area contributed by atoms with Crippen LogP contribution in [0.4, 0.5) is 5.69 Å². The van der Waals surface area contributed by atoms with Crippen LogP contribution in [0, 0.1) is 10.1 Å². The van der Waals surface area contributed by atoms with Crippen LogP contribution < -0.4 is 0 Å². The van der Waals surface area contributed by atoms with Crippen LogP contribution in [0.15, 0.2) is 30.6 Å². The molecule has 0 saturated carbocycles. The number of phenolic OH excluding ortho intramolecular Hbond substituents is 1. The summed E-state index contributed by atoms with van der Waals surface area (Å²) >= 11 is 0. The number of carbonyl (C=O) groups is 1. The van der Waals surface area contributed by atoms with E-state index in [1.165, 1.54) is 12.4 Å². The van der Waals surface area contributed by atoms with Gasteiger partial charge in [-0.25, -0.2) is 0 Å². The first-order valence-electron chi connectivity index (χ1n) is 4.60. The van der Waals surface area contributed by atoms with Crippen molar-refractivity contribution in [2.24, 2.45) is 0 Å². The Morgan fingerprint density at radius 2 is 2.24 bits per heavy atom. The van der Waals surface area contributed by atoms with E-state index in [9.17, 15) is 20.0 Å². The predicted octanol–water partition coefficient (Wildman–Crippen LogP) is 1.25. The summed E-state index contributed by atoms with van der Waals surface area (Å²) in [6.07, 6.45) is 2.63. The lowest BCUT2D eigenvalue weighted by molar-refractivity contribution is -0.384. The number of aromatic hydroxyl groups is 1. The van der Waals surface area contributed by atoms with Gasteiger partial charge in [0.25, 0.3) is 5.69 Å². The zero-order valence-electron chi connectivity index (χ0n) is 8.45. The second-order valence-corrected chi connectivity index (χ2v) is 3.27. The van der Waals surface area contributed by atoms with E-state index >= 15 is 0 Å². The quantitative estimate of drug-likeness (QED) is 0.471. The summed E-state index contributed by atoms with van der Waals surface area (Å²) in [6, 6.07) is 3.28. The molecule has 0 aliphatic rings. The number of rotatable bonds is 3. The van der Waals surface area contributed by atoms with Crippen molar-refractivity contribution in [1.82, 2.24) is 10.2 Å². The number of phenols is 1. The number of nitrogens with one attached hydrogen (secondary N) is 1. The van der Waals surface area contributed by atoms with E-state index in [1.54, 1.807) is 0 Å². The van der Waals surface area contributed by atoms with Crippen molar-refractivity contribution in [1.29, 1.82) is 0 Å². The van der Waals surface area contributed by atoms with Gasteiger partial charge in [-0.05, 0) is 6.07 Å². The van der Waals surface area contributed by atoms with Crippen molar-refractivity contribution in [3.8, 4) is 5.75 Å². The molecule has 2 aromatic rings. The van der Waals surface area contributed by atoms with E-state index < -0.39 is 10.7 Å². The molecule has 2 N–H and O–H groups in total. The van der Waals surface area contributed by atoms with Gasteiger partial charge in [0.15, 0.2) is 5.78 Å². The van der Waals surface area contributed by atoms with E-state index in [4.69, 9.17) is 0 Å². The summed E-state index contributed by atoms with van der Waals surface area (Å²) in [6.45, 7) is 0. The average molecular weight is 233 g/mol. The molecule has 0 amide bonds. The average Bonchev–Trinajstić information content (AvgIpc) is 2.81. The maximum atomic E-state index is 11.9. The Morgan fingerprint density at radius 1 is 1.47 bits per heavy atom. The number of aromatic amines is 1. The molecular formula is C10H7N3O4. The van der Waals surface area contributed by atoms with Crippen molar-refractivity contribution in [3.63, 3.8) is 0 Å². The van der Waals surface area contributed by atoms with Crippen LogP contribution in [0.2, 0.25) is 0 Å². The highest BCUT2D eigenvalue weighted by atomic mass is 16.6. The first-order valence-corrected chi connectivity index (χ1v) is 4.60. The fourth-order valence-corrected chi connectivity index (χ4v) is 1.35. The van der Waals surface area contributed by atoms with Crippen molar-refractivity contribution in [2.75, 3.05) is 0 Å². The fraction of sp³-hybridized carbons (Fsp3) is 0. The van der Waals surface area contributed by atoms with E-state index in [0.29, 0.717) is 0 Å². The molecule has 0 saturated heterocycles. The molecule has 17 heavy (non-hydrogen) atoms. The minimum absolute atomic E-state index is 0.124. The second-order valence-electron chi connectivity index (χ2n) is 3.27. The first-order chi connectivity index (χ1) is 8.09. The van der Waals surface area contributed by atoms with Gasteiger partial charge in [0.2, 0.25) is 0 Å². The molecule has 0 fully saturated rings. The van der Waals surface area contributed by atoms with Gasteiger partial charge in [-0.1, -0.05) is 0 Å². The minimum atomic E-state index is -0.633. The Hall–Kier alpha value is -2.70. The maximum absolute atomic E-state index is 11.9. The second kappa shape index (κ2) is 4.05. The third-order valence-electron chi connectivity index (χ3n) is 2.20. The number of hydrogen-bond acceptors (Lipinski definition) is 5. The van der Waals surface area contributed by atoms with E-state index in [1.807, 2.05) is 0 Å².